The molecule has 0 aromatic heterocycles. The van der Waals surface area contributed by atoms with Crippen molar-refractivity contribution in [1.82, 2.24) is 0 Å². The minimum Gasteiger partial charge on any atom is -1.00 e. The number of alkyl halides is 1. The molecule has 0 saturated heterocycles. The lowest BCUT2D eigenvalue weighted by molar-refractivity contribution is -0.386. The van der Waals surface area contributed by atoms with E-state index in [1.807, 2.05) is 0 Å². The van der Waals surface area contributed by atoms with E-state index in [0.717, 1.165) is 38.5 Å². The number of rotatable bonds is 8. The number of nitrogens with two attached hydrogens (primary N) is 1. The van der Waals surface area contributed by atoms with Crippen LogP contribution in [0.4, 0.5) is 0 Å². The Bertz CT molecular complexity index is 277. The van der Waals surface area contributed by atoms with E-state index in [9.17, 15) is 0 Å². The van der Waals surface area contributed by atoms with Gasteiger partial charge in [-0.2, -0.15) is 0 Å². The molecule has 3 N–H and O–H groups in total. The first-order valence-electron chi connectivity index (χ1n) is 6.10. The summed E-state index contributed by atoms with van der Waals surface area (Å²) in [4.78, 5) is 2.87. The van der Waals surface area contributed by atoms with Crippen LogP contribution in [0.2, 0.25) is 0 Å². The van der Waals surface area contributed by atoms with Gasteiger partial charge in [0, 0.05) is 0 Å². The number of nitrogens with one attached hydrogen (secondary N) is 1. The Labute approximate surface area is 131 Å². The van der Waals surface area contributed by atoms with E-state index in [1.54, 1.807) is 0 Å². The highest BCUT2D eigenvalue weighted by atomic mass is 35.5. The summed E-state index contributed by atoms with van der Waals surface area (Å²) in [5.74, 6) is 0.472. The summed E-state index contributed by atoms with van der Waals surface area (Å²) in [5.41, 5.74) is 5.82. The standard InChI is InChI=1S/C12H21Cl3N2.ClH/c1-3-5-7-9(13)11(15)17-12(16)10(14)8-6-4-2;/h10H,3-8H2,1-2H3,(H2,16,17);1H/b11-9+;. The maximum absolute atomic E-state index is 6.11. The molecule has 0 bridgehead atoms. The van der Waals surface area contributed by atoms with Gasteiger partial charge >= 0.3 is 0 Å². The van der Waals surface area contributed by atoms with Gasteiger partial charge in [-0.25, -0.2) is 4.99 Å². The average molecular weight is 336 g/mol. The molecule has 0 aliphatic carbocycles. The van der Waals surface area contributed by atoms with Crippen LogP contribution in [0, 0.1) is 0 Å². The number of halogens is 4. The second-order valence-electron chi connectivity index (χ2n) is 4.01. The zero-order valence-corrected chi connectivity index (χ0v) is 13.9. The van der Waals surface area contributed by atoms with Crippen molar-refractivity contribution in [3.05, 3.63) is 10.2 Å². The van der Waals surface area contributed by atoms with Crippen molar-refractivity contribution in [3.8, 4) is 0 Å². The van der Waals surface area contributed by atoms with Gasteiger partial charge in [0.1, 0.15) is 5.38 Å². The molecule has 0 aliphatic heterocycles. The molecule has 0 saturated carbocycles. The first-order chi connectivity index (χ1) is 8.02. The van der Waals surface area contributed by atoms with Crippen LogP contribution in [0.15, 0.2) is 10.2 Å². The molecule has 0 radical (unpaired) electrons. The molecule has 0 spiro atoms. The van der Waals surface area contributed by atoms with Crippen molar-refractivity contribution in [2.45, 2.75) is 57.7 Å². The third kappa shape index (κ3) is 9.32. The predicted molar refractivity (Wildman–Crippen MR) is 77.6 cm³/mol. The highest BCUT2D eigenvalue weighted by Gasteiger charge is 2.15. The van der Waals surface area contributed by atoms with Crippen molar-refractivity contribution in [2.24, 2.45) is 5.73 Å². The maximum atomic E-state index is 6.11. The van der Waals surface area contributed by atoms with Gasteiger partial charge in [0.15, 0.2) is 0 Å². The fraction of sp³-hybridized carbons (Fsp3) is 0.750. The normalized spacial score (nSPS) is 14.8. The second-order valence-corrected chi connectivity index (χ2v) is 5.37. The summed E-state index contributed by atoms with van der Waals surface area (Å²) in [6, 6.07) is 0. The number of amidine groups is 1. The predicted octanol–water partition coefficient (Wildman–Crippen LogP) is 0.0627. The molecule has 6 heteroatoms. The molecule has 1 atom stereocenters. The Balaban J connectivity index is 0. The van der Waals surface area contributed by atoms with E-state index in [1.165, 1.54) is 0 Å². The molecule has 0 fully saturated rings. The molecule has 18 heavy (non-hydrogen) atoms. The largest absolute Gasteiger partial charge is 1.00 e. The minimum atomic E-state index is -0.209. The first-order valence-corrected chi connectivity index (χ1v) is 7.29. The number of allylic oxidation sites excluding steroid dienone is 1. The Kier molecular flexibility index (Phi) is 14.3. The lowest BCUT2D eigenvalue weighted by Crippen LogP contribution is -3.00. The van der Waals surface area contributed by atoms with Crippen molar-refractivity contribution in [3.63, 3.8) is 0 Å². The first kappa shape index (κ1) is 20.7. The summed E-state index contributed by atoms with van der Waals surface area (Å²) in [6.45, 7) is 4.22. The third-order valence-corrected chi connectivity index (χ3v) is 3.64. The molecule has 0 aromatic carbocycles. The summed E-state index contributed by atoms with van der Waals surface area (Å²) in [6.07, 6.45) is 5.83. The molecule has 0 aromatic rings. The highest BCUT2D eigenvalue weighted by Crippen LogP contribution is 2.15. The lowest BCUT2D eigenvalue weighted by atomic mass is 10.2. The topological polar surface area (TPSA) is 40.0 Å². The van der Waals surface area contributed by atoms with Gasteiger partial charge in [-0.15, -0.1) is 11.6 Å². The van der Waals surface area contributed by atoms with Crippen LogP contribution in [0.3, 0.4) is 0 Å². The molecule has 1 unspecified atom stereocenters. The molecule has 0 amide bonds. The molecule has 0 aliphatic rings. The summed E-state index contributed by atoms with van der Waals surface area (Å²) >= 11 is 18.2. The van der Waals surface area contributed by atoms with Gasteiger partial charge in [-0.05, 0) is 30.9 Å². The van der Waals surface area contributed by atoms with Crippen molar-refractivity contribution in [1.29, 1.82) is 0 Å². The maximum Gasteiger partial charge on any atom is 0.264 e. The van der Waals surface area contributed by atoms with Crippen LogP contribution in [0.5, 0.6) is 0 Å². The minimum absolute atomic E-state index is 0. The Hall–Kier alpha value is 0.370. The quantitative estimate of drug-likeness (QED) is 0.280. The van der Waals surface area contributed by atoms with Crippen molar-refractivity contribution >= 4 is 40.6 Å². The van der Waals surface area contributed by atoms with Gasteiger partial charge in [0.2, 0.25) is 5.16 Å². The van der Waals surface area contributed by atoms with E-state index in [2.05, 4.69) is 18.8 Å². The van der Waals surface area contributed by atoms with Gasteiger partial charge in [0.25, 0.3) is 5.84 Å². The average Bonchev–Trinajstić information content (AvgIpc) is 2.32. The van der Waals surface area contributed by atoms with E-state index >= 15 is 0 Å². The zero-order chi connectivity index (χ0) is 13.3. The molecule has 108 valence electrons. The van der Waals surface area contributed by atoms with Gasteiger partial charge < -0.3 is 12.4 Å². The number of hydrogen-bond acceptors (Lipinski definition) is 0. The lowest BCUT2D eigenvalue weighted by Gasteiger charge is -2.03. The highest BCUT2D eigenvalue weighted by molar-refractivity contribution is 6.38. The fourth-order valence-corrected chi connectivity index (χ4v) is 1.85. The Morgan fingerprint density at radius 1 is 1.17 bits per heavy atom. The van der Waals surface area contributed by atoms with Crippen LogP contribution in [0.25, 0.3) is 0 Å². The Morgan fingerprint density at radius 2 is 1.72 bits per heavy atom. The van der Waals surface area contributed by atoms with Crippen LogP contribution in [-0.2, 0) is 0 Å². The van der Waals surface area contributed by atoms with E-state index in [4.69, 9.17) is 40.5 Å². The third-order valence-electron chi connectivity index (χ3n) is 2.39. The summed E-state index contributed by atoms with van der Waals surface area (Å²) in [7, 11) is 0. The second kappa shape index (κ2) is 12.4. The molecule has 2 nitrogen and oxygen atoms in total. The SMILES string of the molecule is CCCC/C(Cl)=C(Cl)\[NH+]=C(\N)C(Cl)CCCC.[Cl-]. The van der Waals surface area contributed by atoms with E-state index in [0.29, 0.717) is 16.0 Å². The molecular formula is C12H22Cl4N2. The van der Waals surface area contributed by atoms with Gasteiger partial charge in [-0.3, -0.25) is 5.73 Å². The Morgan fingerprint density at radius 3 is 2.22 bits per heavy atom. The smallest absolute Gasteiger partial charge is 0.264 e. The summed E-state index contributed by atoms with van der Waals surface area (Å²) < 4.78 is 0. The van der Waals surface area contributed by atoms with Crippen LogP contribution >= 0.6 is 34.8 Å². The summed E-state index contributed by atoms with van der Waals surface area (Å²) in [5, 5.41) is 0.787. The molecule has 0 rings (SSSR count). The van der Waals surface area contributed by atoms with Crippen molar-refractivity contribution < 1.29 is 17.4 Å². The van der Waals surface area contributed by atoms with E-state index in [-0.39, 0.29) is 17.8 Å². The molecular weight excluding hydrogens is 314 g/mol. The number of unbranched alkanes of at least 4 members (excludes halogenated alkanes) is 2. The van der Waals surface area contributed by atoms with Gasteiger partial charge in [0.05, 0.1) is 5.03 Å². The number of hydrogen-bond donors (Lipinski definition) is 2. The van der Waals surface area contributed by atoms with Crippen LogP contribution in [0.1, 0.15) is 52.4 Å². The van der Waals surface area contributed by atoms with Crippen LogP contribution in [-0.4, -0.2) is 11.2 Å². The van der Waals surface area contributed by atoms with Crippen molar-refractivity contribution in [2.75, 3.05) is 0 Å². The fourth-order valence-electron chi connectivity index (χ4n) is 1.25. The van der Waals surface area contributed by atoms with E-state index < -0.39 is 0 Å². The monoisotopic (exact) mass is 334 g/mol. The van der Waals surface area contributed by atoms with Crippen LogP contribution < -0.4 is 23.1 Å². The zero-order valence-electron chi connectivity index (χ0n) is 10.9. The molecule has 0 heterocycles. The van der Waals surface area contributed by atoms with Gasteiger partial charge in [-0.1, -0.05) is 44.7 Å².